The molecule has 0 aliphatic heterocycles. The molecular formula is C8H10BrN3O3. The van der Waals surface area contributed by atoms with Gasteiger partial charge in [-0.1, -0.05) is 0 Å². The molecule has 0 aliphatic carbocycles. The van der Waals surface area contributed by atoms with Crippen LogP contribution in [0.15, 0.2) is 16.7 Å². The average Bonchev–Trinajstić information content (AvgIpc) is 2.20. The van der Waals surface area contributed by atoms with Crippen molar-refractivity contribution >= 4 is 21.6 Å². The molecule has 7 heteroatoms. The van der Waals surface area contributed by atoms with Crippen LogP contribution in [-0.4, -0.2) is 30.1 Å². The normalized spacial score (nSPS) is 10.0. The Morgan fingerprint density at radius 3 is 3.07 bits per heavy atom. The highest BCUT2D eigenvalue weighted by molar-refractivity contribution is 9.10. The molecule has 0 radical (unpaired) electrons. The molecule has 82 valence electrons. The maximum atomic E-state index is 10.7. The van der Waals surface area contributed by atoms with Crippen LogP contribution in [0.1, 0.15) is 0 Å². The number of nitro groups is 1. The van der Waals surface area contributed by atoms with Gasteiger partial charge >= 0.3 is 5.69 Å². The zero-order chi connectivity index (χ0) is 11.3. The van der Waals surface area contributed by atoms with Crippen LogP contribution in [0, 0.1) is 10.1 Å². The van der Waals surface area contributed by atoms with Crippen LogP contribution < -0.4 is 10.1 Å². The molecule has 15 heavy (non-hydrogen) atoms. The van der Waals surface area contributed by atoms with Crippen molar-refractivity contribution in [3.05, 3.63) is 26.9 Å². The molecule has 0 atom stereocenters. The van der Waals surface area contributed by atoms with E-state index in [2.05, 4.69) is 26.2 Å². The van der Waals surface area contributed by atoms with Gasteiger partial charge in [0.2, 0.25) is 0 Å². The van der Waals surface area contributed by atoms with Crippen molar-refractivity contribution in [1.29, 1.82) is 0 Å². The summed E-state index contributed by atoms with van der Waals surface area (Å²) in [5.74, 6) is 0.0402. The monoisotopic (exact) mass is 275 g/mol. The minimum Gasteiger partial charge on any atom is -0.471 e. The number of pyridine rings is 1. The van der Waals surface area contributed by atoms with E-state index in [1.54, 1.807) is 7.05 Å². The number of halogens is 1. The standard InChI is InChI=1S/C8H10BrN3O3/c1-10-2-3-15-8-7(12(13)14)4-6(9)5-11-8/h4-5,10H,2-3H2,1H3. The molecule has 0 aliphatic rings. The van der Waals surface area contributed by atoms with E-state index in [1.165, 1.54) is 12.3 Å². The zero-order valence-corrected chi connectivity index (χ0v) is 9.65. The minimum atomic E-state index is -0.521. The molecular weight excluding hydrogens is 266 g/mol. The van der Waals surface area contributed by atoms with Gasteiger partial charge in [-0.25, -0.2) is 4.98 Å². The van der Waals surface area contributed by atoms with Crippen LogP contribution in [0.4, 0.5) is 5.69 Å². The van der Waals surface area contributed by atoms with E-state index < -0.39 is 4.92 Å². The van der Waals surface area contributed by atoms with Crippen molar-refractivity contribution < 1.29 is 9.66 Å². The first-order valence-electron chi connectivity index (χ1n) is 4.22. The van der Waals surface area contributed by atoms with Crippen molar-refractivity contribution in [2.45, 2.75) is 0 Å². The van der Waals surface area contributed by atoms with Crippen molar-refractivity contribution in [3.63, 3.8) is 0 Å². The third kappa shape index (κ3) is 3.45. The number of ether oxygens (including phenoxy) is 1. The van der Waals surface area contributed by atoms with Crippen molar-refractivity contribution in [1.82, 2.24) is 10.3 Å². The lowest BCUT2D eigenvalue weighted by Crippen LogP contribution is -2.16. The van der Waals surface area contributed by atoms with Gasteiger partial charge in [-0.05, 0) is 23.0 Å². The maximum Gasteiger partial charge on any atom is 0.332 e. The lowest BCUT2D eigenvalue weighted by atomic mass is 10.4. The number of nitrogens with zero attached hydrogens (tertiary/aromatic N) is 2. The first-order chi connectivity index (χ1) is 7.15. The average molecular weight is 276 g/mol. The maximum absolute atomic E-state index is 10.7. The summed E-state index contributed by atoms with van der Waals surface area (Å²) in [7, 11) is 1.77. The minimum absolute atomic E-state index is 0.0402. The topological polar surface area (TPSA) is 77.3 Å². The van der Waals surface area contributed by atoms with Crippen LogP contribution in [0.25, 0.3) is 0 Å². The van der Waals surface area contributed by atoms with Crippen molar-refractivity contribution in [3.8, 4) is 5.88 Å². The summed E-state index contributed by atoms with van der Waals surface area (Å²) in [5.41, 5.74) is -0.138. The summed E-state index contributed by atoms with van der Waals surface area (Å²) in [6.07, 6.45) is 1.46. The van der Waals surface area contributed by atoms with Crippen LogP contribution in [0.5, 0.6) is 5.88 Å². The van der Waals surface area contributed by atoms with E-state index in [0.29, 0.717) is 17.6 Å². The van der Waals surface area contributed by atoms with Gasteiger partial charge in [0.1, 0.15) is 6.61 Å². The molecule has 1 aromatic heterocycles. The highest BCUT2D eigenvalue weighted by Crippen LogP contribution is 2.26. The Hall–Kier alpha value is -1.21. The second kappa shape index (κ2) is 5.62. The van der Waals surface area contributed by atoms with Gasteiger partial charge in [-0.3, -0.25) is 10.1 Å². The summed E-state index contributed by atoms with van der Waals surface area (Å²) in [4.78, 5) is 14.0. The predicted molar refractivity (Wildman–Crippen MR) is 58.0 cm³/mol. The number of nitrogens with one attached hydrogen (secondary N) is 1. The Morgan fingerprint density at radius 2 is 2.47 bits per heavy atom. The SMILES string of the molecule is CNCCOc1ncc(Br)cc1[N+](=O)[O-]. The number of hydrogen-bond acceptors (Lipinski definition) is 5. The van der Waals surface area contributed by atoms with E-state index in [9.17, 15) is 10.1 Å². The molecule has 0 aromatic carbocycles. The molecule has 1 aromatic rings. The Kier molecular flexibility index (Phi) is 4.44. The molecule has 1 rings (SSSR count). The molecule has 6 nitrogen and oxygen atoms in total. The van der Waals surface area contributed by atoms with E-state index in [1.807, 2.05) is 0 Å². The summed E-state index contributed by atoms with van der Waals surface area (Å²) in [5, 5.41) is 13.5. The molecule has 0 saturated heterocycles. The first-order valence-corrected chi connectivity index (χ1v) is 5.01. The Bertz CT molecular complexity index is 359. The molecule has 0 amide bonds. The fourth-order valence-corrected chi connectivity index (χ4v) is 1.23. The summed E-state index contributed by atoms with van der Waals surface area (Å²) in [6, 6.07) is 1.36. The predicted octanol–water partition coefficient (Wildman–Crippen LogP) is 1.35. The number of hydrogen-bond donors (Lipinski definition) is 1. The largest absolute Gasteiger partial charge is 0.471 e. The lowest BCUT2D eigenvalue weighted by molar-refractivity contribution is -0.386. The highest BCUT2D eigenvalue weighted by atomic mass is 79.9. The van der Waals surface area contributed by atoms with Gasteiger partial charge in [0, 0.05) is 23.3 Å². The van der Waals surface area contributed by atoms with E-state index in [0.717, 1.165) is 0 Å². The quantitative estimate of drug-likeness (QED) is 0.499. The molecule has 0 fully saturated rings. The van der Waals surface area contributed by atoms with E-state index in [4.69, 9.17) is 4.74 Å². The smallest absolute Gasteiger partial charge is 0.332 e. The van der Waals surface area contributed by atoms with Gasteiger partial charge in [0.15, 0.2) is 0 Å². The van der Waals surface area contributed by atoms with Gasteiger partial charge in [-0.15, -0.1) is 0 Å². The number of aromatic nitrogens is 1. The number of rotatable bonds is 5. The van der Waals surface area contributed by atoms with Crippen LogP contribution in [0.3, 0.4) is 0 Å². The van der Waals surface area contributed by atoms with E-state index >= 15 is 0 Å². The fraction of sp³-hybridized carbons (Fsp3) is 0.375. The molecule has 1 N–H and O–H groups in total. The third-order valence-corrected chi connectivity index (χ3v) is 2.02. The summed E-state index contributed by atoms with van der Waals surface area (Å²) < 4.78 is 5.71. The highest BCUT2D eigenvalue weighted by Gasteiger charge is 2.16. The van der Waals surface area contributed by atoms with E-state index in [-0.39, 0.29) is 11.6 Å². The van der Waals surface area contributed by atoms with Gasteiger partial charge in [-0.2, -0.15) is 0 Å². The third-order valence-electron chi connectivity index (χ3n) is 1.59. The molecule has 0 unspecified atom stereocenters. The molecule has 0 bridgehead atoms. The van der Waals surface area contributed by atoms with Gasteiger partial charge in [0.05, 0.1) is 4.92 Å². The molecule has 0 spiro atoms. The summed E-state index contributed by atoms with van der Waals surface area (Å²) in [6.45, 7) is 0.945. The zero-order valence-electron chi connectivity index (χ0n) is 8.07. The van der Waals surface area contributed by atoms with Crippen molar-refractivity contribution in [2.75, 3.05) is 20.2 Å². The summed E-state index contributed by atoms with van der Waals surface area (Å²) >= 11 is 3.11. The fourth-order valence-electron chi connectivity index (χ4n) is 0.908. The second-order valence-corrected chi connectivity index (χ2v) is 3.60. The van der Waals surface area contributed by atoms with Gasteiger partial charge < -0.3 is 10.1 Å². The Labute approximate surface area is 94.9 Å². The Balaban J connectivity index is 2.81. The molecule has 1 heterocycles. The first kappa shape index (κ1) is 11.9. The lowest BCUT2D eigenvalue weighted by Gasteiger charge is -2.04. The van der Waals surface area contributed by atoms with Gasteiger partial charge in [0.25, 0.3) is 5.88 Å². The van der Waals surface area contributed by atoms with Crippen LogP contribution in [0.2, 0.25) is 0 Å². The second-order valence-electron chi connectivity index (χ2n) is 2.69. The Morgan fingerprint density at radius 1 is 1.73 bits per heavy atom. The van der Waals surface area contributed by atoms with Crippen LogP contribution >= 0.6 is 15.9 Å². The van der Waals surface area contributed by atoms with Crippen molar-refractivity contribution in [2.24, 2.45) is 0 Å². The number of likely N-dealkylation sites (N-methyl/N-ethyl adjacent to an activating group) is 1. The molecule has 0 saturated carbocycles. The van der Waals surface area contributed by atoms with Crippen LogP contribution in [-0.2, 0) is 0 Å².